The van der Waals surface area contributed by atoms with Crippen molar-refractivity contribution in [2.75, 3.05) is 31.0 Å². The molecule has 11 heteroatoms. The van der Waals surface area contributed by atoms with Crippen molar-refractivity contribution in [3.8, 4) is 5.75 Å². The van der Waals surface area contributed by atoms with Crippen LogP contribution in [0.4, 0.5) is 24.5 Å². The minimum absolute atomic E-state index is 0.000500. The summed E-state index contributed by atoms with van der Waals surface area (Å²) in [5, 5.41) is 11.6. The summed E-state index contributed by atoms with van der Waals surface area (Å²) in [5.74, 6) is -2.85. The van der Waals surface area contributed by atoms with Crippen LogP contribution in [-0.2, 0) is 15.8 Å². The standard InChI is InChI=1S/C27H21Cl2F3N2O4/c1-33(2)17-9-7-14(8-10-17)22-21(23(35)19-12-16(28)13-20(29)25(19)38-3)24(36)26(37)34(22)18-6-4-5-15(11-18)27(30,31)32/h4-13,22,35H,1-3H3/b23-21+. The number of aliphatic hydroxyl groups is 1. The first-order chi connectivity index (χ1) is 17.8. The fourth-order valence-electron chi connectivity index (χ4n) is 4.29. The average Bonchev–Trinajstić information content (AvgIpc) is 3.13. The number of benzene rings is 3. The van der Waals surface area contributed by atoms with Gasteiger partial charge in [0.15, 0.2) is 0 Å². The number of aliphatic hydroxyl groups excluding tert-OH is 1. The minimum atomic E-state index is -4.68. The first-order valence-corrected chi connectivity index (χ1v) is 11.9. The van der Waals surface area contributed by atoms with Crippen LogP contribution in [0.5, 0.6) is 5.75 Å². The van der Waals surface area contributed by atoms with Crippen molar-refractivity contribution >= 4 is 52.0 Å². The van der Waals surface area contributed by atoms with Gasteiger partial charge in [0.05, 0.1) is 34.9 Å². The highest BCUT2D eigenvalue weighted by Crippen LogP contribution is 2.46. The molecule has 0 radical (unpaired) electrons. The lowest BCUT2D eigenvalue weighted by Gasteiger charge is -2.26. The summed E-state index contributed by atoms with van der Waals surface area (Å²) in [6.07, 6.45) is -4.68. The van der Waals surface area contributed by atoms with E-state index in [-0.39, 0.29) is 32.6 Å². The fraction of sp³-hybridized carbons (Fsp3) is 0.185. The van der Waals surface area contributed by atoms with Gasteiger partial charge >= 0.3 is 6.18 Å². The summed E-state index contributed by atoms with van der Waals surface area (Å²) in [6, 6.07) is 12.2. The van der Waals surface area contributed by atoms with Crippen LogP contribution in [0.25, 0.3) is 5.76 Å². The van der Waals surface area contributed by atoms with Gasteiger partial charge in [0.25, 0.3) is 11.7 Å². The Morgan fingerprint density at radius 3 is 2.26 bits per heavy atom. The van der Waals surface area contributed by atoms with Crippen molar-refractivity contribution in [3.63, 3.8) is 0 Å². The minimum Gasteiger partial charge on any atom is -0.507 e. The highest BCUT2D eigenvalue weighted by atomic mass is 35.5. The second-order valence-electron chi connectivity index (χ2n) is 8.67. The lowest BCUT2D eigenvalue weighted by molar-refractivity contribution is -0.137. The summed E-state index contributed by atoms with van der Waals surface area (Å²) >= 11 is 12.4. The number of nitrogens with zero attached hydrogens (tertiary/aromatic N) is 2. The van der Waals surface area contributed by atoms with E-state index in [1.807, 2.05) is 19.0 Å². The van der Waals surface area contributed by atoms with E-state index in [0.29, 0.717) is 5.56 Å². The summed E-state index contributed by atoms with van der Waals surface area (Å²) in [5.41, 5.74) is -0.404. The van der Waals surface area contributed by atoms with E-state index in [0.717, 1.165) is 28.8 Å². The second-order valence-corrected chi connectivity index (χ2v) is 9.52. The molecule has 1 heterocycles. The molecule has 198 valence electrons. The molecule has 6 nitrogen and oxygen atoms in total. The van der Waals surface area contributed by atoms with Crippen LogP contribution < -0.4 is 14.5 Å². The molecule has 1 N–H and O–H groups in total. The van der Waals surface area contributed by atoms with Crippen molar-refractivity contribution in [3.05, 3.63) is 93.0 Å². The predicted molar refractivity (Wildman–Crippen MR) is 140 cm³/mol. The number of ketones is 1. The molecule has 3 aromatic rings. The van der Waals surface area contributed by atoms with Crippen molar-refractivity contribution in [1.82, 2.24) is 0 Å². The molecule has 0 aliphatic carbocycles. The van der Waals surface area contributed by atoms with Gasteiger partial charge in [-0.2, -0.15) is 13.2 Å². The van der Waals surface area contributed by atoms with Gasteiger partial charge < -0.3 is 14.7 Å². The number of carbonyl (C=O) groups is 2. The molecule has 1 aliphatic heterocycles. The maximum Gasteiger partial charge on any atom is 0.416 e. The maximum absolute atomic E-state index is 13.5. The fourth-order valence-corrected chi connectivity index (χ4v) is 4.86. The molecule has 1 atom stereocenters. The number of carbonyl (C=O) groups excluding carboxylic acids is 2. The summed E-state index contributed by atoms with van der Waals surface area (Å²) < 4.78 is 45.8. The number of alkyl halides is 3. The van der Waals surface area contributed by atoms with E-state index in [2.05, 4.69) is 0 Å². The van der Waals surface area contributed by atoms with Crippen LogP contribution in [0, 0.1) is 0 Å². The topological polar surface area (TPSA) is 70.1 Å². The predicted octanol–water partition coefficient (Wildman–Crippen LogP) is 6.71. The van der Waals surface area contributed by atoms with Crippen molar-refractivity contribution < 1.29 is 32.6 Å². The number of anilines is 2. The number of ether oxygens (including phenoxy) is 1. The molecule has 3 aromatic carbocycles. The van der Waals surface area contributed by atoms with Gasteiger partial charge in [0.2, 0.25) is 0 Å². The molecule has 1 unspecified atom stereocenters. The third-order valence-corrected chi connectivity index (χ3v) is 6.59. The molecule has 0 spiro atoms. The van der Waals surface area contributed by atoms with Crippen LogP contribution in [0.3, 0.4) is 0 Å². The van der Waals surface area contributed by atoms with E-state index in [1.165, 1.54) is 25.3 Å². The maximum atomic E-state index is 13.5. The quantitative estimate of drug-likeness (QED) is 0.212. The zero-order valence-corrected chi connectivity index (χ0v) is 21.8. The van der Waals surface area contributed by atoms with E-state index in [9.17, 15) is 27.9 Å². The lowest BCUT2D eigenvalue weighted by atomic mass is 9.94. The molecule has 0 bridgehead atoms. The Morgan fingerprint density at radius 1 is 1.03 bits per heavy atom. The molecule has 4 rings (SSSR count). The Hall–Kier alpha value is -3.69. The summed E-state index contributed by atoms with van der Waals surface area (Å²) in [4.78, 5) is 29.4. The van der Waals surface area contributed by atoms with Crippen molar-refractivity contribution in [1.29, 1.82) is 0 Å². The molecule has 1 fully saturated rings. The summed E-state index contributed by atoms with van der Waals surface area (Å²) in [6.45, 7) is 0. The molecular formula is C27H21Cl2F3N2O4. The largest absolute Gasteiger partial charge is 0.507 e. The Bertz CT molecular complexity index is 1450. The Balaban J connectivity index is 2.00. The number of rotatable bonds is 5. The SMILES string of the molecule is COc1c(Cl)cc(Cl)cc1/C(O)=C1\C(=O)C(=O)N(c2cccc(C(F)(F)F)c2)C1c1ccc(N(C)C)cc1. The van der Waals surface area contributed by atoms with E-state index in [4.69, 9.17) is 27.9 Å². The number of halogens is 5. The molecule has 0 aromatic heterocycles. The first-order valence-electron chi connectivity index (χ1n) is 11.1. The summed E-state index contributed by atoms with van der Waals surface area (Å²) in [7, 11) is 4.93. The molecule has 1 saturated heterocycles. The molecule has 1 aliphatic rings. The Morgan fingerprint density at radius 2 is 1.68 bits per heavy atom. The van der Waals surface area contributed by atoms with Gasteiger partial charge in [0.1, 0.15) is 11.5 Å². The van der Waals surface area contributed by atoms with E-state index in [1.54, 1.807) is 24.3 Å². The van der Waals surface area contributed by atoms with Crippen molar-refractivity contribution in [2.45, 2.75) is 12.2 Å². The number of Topliss-reactive ketones (excluding diaryl/α,β-unsaturated/α-hetero) is 1. The highest BCUT2D eigenvalue weighted by Gasteiger charge is 2.47. The van der Waals surface area contributed by atoms with Gasteiger partial charge in [-0.05, 0) is 48.0 Å². The highest BCUT2D eigenvalue weighted by molar-refractivity contribution is 6.52. The average molecular weight is 565 g/mol. The van der Waals surface area contributed by atoms with Crippen LogP contribution in [0.15, 0.2) is 66.2 Å². The van der Waals surface area contributed by atoms with Crippen LogP contribution in [0.2, 0.25) is 10.0 Å². The molecule has 0 saturated carbocycles. The van der Waals surface area contributed by atoms with E-state index < -0.39 is 35.2 Å². The van der Waals surface area contributed by atoms with Gasteiger partial charge in [-0.3, -0.25) is 14.5 Å². The zero-order valence-electron chi connectivity index (χ0n) is 20.3. The lowest BCUT2D eigenvalue weighted by Crippen LogP contribution is -2.29. The number of hydrogen-bond acceptors (Lipinski definition) is 5. The van der Waals surface area contributed by atoms with E-state index >= 15 is 0 Å². The molecule has 38 heavy (non-hydrogen) atoms. The van der Waals surface area contributed by atoms with Gasteiger partial charge in [0, 0.05) is 30.5 Å². The first kappa shape index (κ1) is 27.3. The molecular weight excluding hydrogens is 544 g/mol. The number of hydrogen-bond donors (Lipinski definition) is 1. The zero-order chi connectivity index (χ0) is 27.9. The van der Waals surface area contributed by atoms with Gasteiger partial charge in [-0.25, -0.2) is 0 Å². The Labute approximate surface area is 226 Å². The van der Waals surface area contributed by atoms with Gasteiger partial charge in [-0.1, -0.05) is 41.4 Å². The third-order valence-electron chi connectivity index (χ3n) is 6.09. The van der Waals surface area contributed by atoms with Crippen LogP contribution in [0.1, 0.15) is 22.7 Å². The number of amides is 1. The second kappa shape index (κ2) is 10.2. The Kier molecular flexibility index (Phi) is 7.36. The van der Waals surface area contributed by atoms with Crippen LogP contribution in [-0.4, -0.2) is 38.0 Å². The van der Waals surface area contributed by atoms with Gasteiger partial charge in [-0.15, -0.1) is 0 Å². The molecule has 1 amide bonds. The smallest absolute Gasteiger partial charge is 0.416 e. The van der Waals surface area contributed by atoms with Crippen molar-refractivity contribution in [2.24, 2.45) is 0 Å². The third kappa shape index (κ3) is 4.91. The normalized spacial score (nSPS) is 17.2. The number of methoxy groups -OCH3 is 1. The monoisotopic (exact) mass is 564 g/mol. The van der Waals surface area contributed by atoms with Crippen LogP contribution >= 0.6 is 23.2 Å².